The Kier molecular flexibility index (Phi) is 4.80. The summed E-state index contributed by atoms with van der Waals surface area (Å²) < 4.78 is 19.3. The van der Waals surface area contributed by atoms with E-state index in [1.165, 1.54) is 12.1 Å². The maximum Gasteiger partial charge on any atom is 0.125 e. The molecule has 1 atom stereocenters. The summed E-state index contributed by atoms with van der Waals surface area (Å²) in [5.74, 6) is 1.01. The van der Waals surface area contributed by atoms with Crippen LogP contribution in [-0.4, -0.2) is 5.88 Å². The molecule has 0 aliphatic heterocycles. The van der Waals surface area contributed by atoms with Gasteiger partial charge in [0.1, 0.15) is 17.7 Å². The molecule has 0 heterocycles. The topological polar surface area (TPSA) is 9.23 Å². The lowest BCUT2D eigenvalue weighted by Crippen LogP contribution is -2.09. The molecule has 2 rings (SSSR count). The summed E-state index contributed by atoms with van der Waals surface area (Å²) in [6.07, 6.45) is 0.411. The number of para-hydroxylation sites is 1. The third-order valence-corrected chi connectivity index (χ3v) is 3.17. The fourth-order valence-electron chi connectivity index (χ4n) is 1.94. The molecule has 0 radical (unpaired) electrons. The maximum absolute atomic E-state index is 13.3. The molecule has 2 aromatic carbocycles. The van der Waals surface area contributed by atoms with Gasteiger partial charge in [0.25, 0.3) is 0 Å². The first kappa shape index (κ1) is 13.9. The van der Waals surface area contributed by atoms with E-state index in [4.69, 9.17) is 16.3 Å². The summed E-state index contributed by atoms with van der Waals surface area (Å²) in [7, 11) is 0. The molecule has 0 N–H and O–H groups in total. The molecule has 1 nitrogen and oxygen atoms in total. The van der Waals surface area contributed by atoms with E-state index in [1.54, 1.807) is 6.07 Å². The van der Waals surface area contributed by atoms with Gasteiger partial charge in [-0.15, -0.1) is 11.6 Å². The third-order valence-electron chi connectivity index (χ3n) is 2.95. The van der Waals surface area contributed by atoms with Crippen LogP contribution in [0.2, 0.25) is 0 Å². The lowest BCUT2D eigenvalue weighted by atomic mass is 10.1. The molecule has 100 valence electrons. The van der Waals surface area contributed by atoms with E-state index in [0.717, 1.165) is 16.9 Å². The molecule has 0 fully saturated rings. The van der Waals surface area contributed by atoms with Crippen LogP contribution in [0, 0.1) is 12.7 Å². The van der Waals surface area contributed by atoms with E-state index in [2.05, 4.69) is 0 Å². The average molecular weight is 279 g/mol. The molecular weight excluding hydrogens is 263 g/mol. The number of benzene rings is 2. The minimum atomic E-state index is -0.259. The monoisotopic (exact) mass is 278 g/mol. The second kappa shape index (κ2) is 6.58. The summed E-state index contributed by atoms with van der Waals surface area (Å²) in [5.41, 5.74) is 1.86. The zero-order valence-corrected chi connectivity index (χ0v) is 11.5. The molecule has 0 saturated heterocycles. The number of ether oxygens (including phenoxy) is 1. The molecule has 3 heteroatoms. The molecule has 0 aliphatic carbocycles. The molecule has 0 aliphatic rings. The van der Waals surface area contributed by atoms with Gasteiger partial charge in [0.2, 0.25) is 0 Å². The Hall–Kier alpha value is -1.54. The largest absolute Gasteiger partial charge is 0.485 e. The van der Waals surface area contributed by atoms with Crippen LogP contribution in [0.5, 0.6) is 5.75 Å². The van der Waals surface area contributed by atoms with E-state index < -0.39 is 0 Å². The van der Waals surface area contributed by atoms with Crippen LogP contribution in [0.1, 0.15) is 23.7 Å². The van der Waals surface area contributed by atoms with Gasteiger partial charge in [0.05, 0.1) is 0 Å². The fraction of sp³-hybridized carbons (Fsp3) is 0.250. The fourth-order valence-corrected chi connectivity index (χ4v) is 2.14. The average Bonchev–Trinajstić information content (AvgIpc) is 2.40. The first-order valence-electron chi connectivity index (χ1n) is 6.24. The van der Waals surface area contributed by atoms with E-state index in [-0.39, 0.29) is 11.9 Å². The quantitative estimate of drug-likeness (QED) is 0.708. The Labute approximate surface area is 118 Å². The Balaban J connectivity index is 2.24. The minimum Gasteiger partial charge on any atom is -0.485 e. The highest BCUT2D eigenvalue weighted by molar-refractivity contribution is 6.17. The molecule has 0 spiro atoms. The number of alkyl halides is 1. The second-order valence-corrected chi connectivity index (χ2v) is 4.78. The highest BCUT2D eigenvalue weighted by atomic mass is 35.5. The first-order valence-corrected chi connectivity index (χ1v) is 6.78. The molecule has 0 aromatic heterocycles. The van der Waals surface area contributed by atoms with Crippen LogP contribution < -0.4 is 4.74 Å². The van der Waals surface area contributed by atoms with Gasteiger partial charge in [0, 0.05) is 12.3 Å². The highest BCUT2D eigenvalue weighted by Crippen LogP contribution is 2.27. The van der Waals surface area contributed by atoms with E-state index in [0.29, 0.717) is 12.3 Å². The summed E-state index contributed by atoms with van der Waals surface area (Å²) in [6.45, 7) is 1.98. The molecular formula is C16H16ClFO. The zero-order valence-electron chi connectivity index (χ0n) is 10.8. The predicted octanol–water partition coefficient (Wildman–Crippen LogP) is 4.88. The van der Waals surface area contributed by atoms with Crippen molar-refractivity contribution in [3.8, 4) is 5.75 Å². The number of aryl methyl sites for hydroxylation is 1. The number of rotatable bonds is 5. The van der Waals surface area contributed by atoms with E-state index >= 15 is 0 Å². The Morgan fingerprint density at radius 1 is 1.16 bits per heavy atom. The lowest BCUT2D eigenvalue weighted by Gasteiger charge is -2.20. The van der Waals surface area contributed by atoms with Crippen molar-refractivity contribution in [2.45, 2.75) is 19.4 Å². The Morgan fingerprint density at radius 2 is 1.95 bits per heavy atom. The summed E-state index contributed by atoms with van der Waals surface area (Å²) in [6, 6.07) is 14.2. The van der Waals surface area contributed by atoms with Gasteiger partial charge in [-0.25, -0.2) is 4.39 Å². The van der Waals surface area contributed by atoms with Crippen molar-refractivity contribution in [1.29, 1.82) is 0 Å². The van der Waals surface area contributed by atoms with Gasteiger partial charge in [-0.3, -0.25) is 0 Å². The van der Waals surface area contributed by atoms with Gasteiger partial charge in [-0.2, -0.15) is 0 Å². The van der Waals surface area contributed by atoms with Crippen LogP contribution in [0.15, 0.2) is 48.5 Å². The number of halogens is 2. The molecule has 2 aromatic rings. The summed E-state index contributed by atoms with van der Waals surface area (Å²) in [5, 5.41) is 0. The van der Waals surface area contributed by atoms with Crippen molar-refractivity contribution in [2.75, 3.05) is 5.88 Å². The van der Waals surface area contributed by atoms with Crippen molar-refractivity contribution < 1.29 is 9.13 Å². The summed E-state index contributed by atoms with van der Waals surface area (Å²) >= 11 is 5.82. The van der Waals surface area contributed by atoms with Gasteiger partial charge < -0.3 is 4.74 Å². The van der Waals surface area contributed by atoms with Crippen molar-refractivity contribution in [3.05, 3.63) is 65.5 Å². The van der Waals surface area contributed by atoms with Gasteiger partial charge in [-0.1, -0.05) is 30.3 Å². The van der Waals surface area contributed by atoms with Crippen LogP contribution in [-0.2, 0) is 0 Å². The Morgan fingerprint density at radius 3 is 2.63 bits per heavy atom. The van der Waals surface area contributed by atoms with Crippen molar-refractivity contribution >= 4 is 11.6 Å². The van der Waals surface area contributed by atoms with Crippen molar-refractivity contribution in [1.82, 2.24) is 0 Å². The van der Waals surface area contributed by atoms with Crippen LogP contribution in [0.3, 0.4) is 0 Å². The standard InChI is InChI=1S/C16H16ClFO/c1-12-5-2-3-8-15(12)19-16(9-10-17)13-6-4-7-14(18)11-13/h2-8,11,16H,9-10H2,1H3. The van der Waals surface area contributed by atoms with Gasteiger partial charge in [-0.05, 0) is 36.2 Å². The number of hydrogen-bond donors (Lipinski definition) is 0. The van der Waals surface area contributed by atoms with Crippen LogP contribution >= 0.6 is 11.6 Å². The molecule has 19 heavy (non-hydrogen) atoms. The van der Waals surface area contributed by atoms with Gasteiger partial charge >= 0.3 is 0 Å². The zero-order chi connectivity index (χ0) is 13.7. The third kappa shape index (κ3) is 3.71. The van der Waals surface area contributed by atoms with Crippen molar-refractivity contribution in [2.24, 2.45) is 0 Å². The molecule has 0 saturated carbocycles. The SMILES string of the molecule is Cc1ccccc1OC(CCCl)c1cccc(F)c1. The molecule has 0 amide bonds. The van der Waals surface area contributed by atoms with E-state index in [9.17, 15) is 4.39 Å². The first-order chi connectivity index (χ1) is 9.20. The molecule has 0 bridgehead atoms. The van der Waals surface area contributed by atoms with E-state index in [1.807, 2.05) is 37.3 Å². The second-order valence-electron chi connectivity index (χ2n) is 4.40. The van der Waals surface area contributed by atoms with Gasteiger partial charge in [0.15, 0.2) is 0 Å². The molecule has 1 unspecified atom stereocenters. The predicted molar refractivity (Wildman–Crippen MR) is 76.3 cm³/mol. The number of hydrogen-bond acceptors (Lipinski definition) is 1. The highest BCUT2D eigenvalue weighted by Gasteiger charge is 2.14. The smallest absolute Gasteiger partial charge is 0.125 e. The normalized spacial score (nSPS) is 12.2. The lowest BCUT2D eigenvalue weighted by molar-refractivity contribution is 0.200. The van der Waals surface area contributed by atoms with Crippen molar-refractivity contribution in [3.63, 3.8) is 0 Å². The minimum absolute atomic E-state index is 0.228. The Bertz CT molecular complexity index is 542. The maximum atomic E-state index is 13.3. The van der Waals surface area contributed by atoms with Crippen LogP contribution in [0.4, 0.5) is 4.39 Å². The van der Waals surface area contributed by atoms with Crippen LogP contribution in [0.25, 0.3) is 0 Å². The summed E-state index contributed by atoms with van der Waals surface area (Å²) in [4.78, 5) is 0.